The van der Waals surface area contributed by atoms with E-state index in [2.05, 4.69) is 27.7 Å². The van der Waals surface area contributed by atoms with Crippen LogP contribution in [0.4, 0.5) is 11.4 Å². The first kappa shape index (κ1) is 23.9. The molecule has 0 unspecified atom stereocenters. The van der Waals surface area contributed by atoms with Crippen LogP contribution in [0.25, 0.3) is 0 Å². The van der Waals surface area contributed by atoms with Gasteiger partial charge < -0.3 is 15.5 Å². The molecule has 0 spiro atoms. The molecule has 0 atom stereocenters. The van der Waals surface area contributed by atoms with Crippen molar-refractivity contribution >= 4 is 35.0 Å². The molecule has 1 saturated heterocycles. The van der Waals surface area contributed by atoms with Crippen LogP contribution >= 0.6 is 11.8 Å². The topological polar surface area (TPSA) is 61.4 Å². The van der Waals surface area contributed by atoms with E-state index in [9.17, 15) is 9.59 Å². The summed E-state index contributed by atoms with van der Waals surface area (Å²) in [6.07, 6.45) is 4.26. The second-order valence-corrected chi connectivity index (χ2v) is 9.47. The Labute approximate surface area is 205 Å². The molecule has 6 heteroatoms. The van der Waals surface area contributed by atoms with Crippen molar-refractivity contribution in [3.8, 4) is 0 Å². The van der Waals surface area contributed by atoms with E-state index >= 15 is 0 Å². The molecule has 0 saturated carbocycles. The average molecular weight is 474 g/mol. The molecule has 1 heterocycles. The van der Waals surface area contributed by atoms with Crippen LogP contribution in [0.15, 0.2) is 83.8 Å². The summed E-state index contributed by atoms with van der Waals surface area (Å²) in [6, 6.07) is 25.7. The Morgan fingerprint density at radius 1 is 0.853 bits per heavy atom. The summed E-state index contributed by atoms with van der Waals surface area (Å²) in [5, 5.41) is 6.03. The summed E-state index contributed by atoms with van der Waals surface area (Å²) in [4.78, 5) is 29.1. The number of carbonyl (C=O) groups excluding carboxylic acids is 2. The van der Waals surface area contributed by atoms with E-state index in [0.717, 1.165) is 42.9 Å². The molecule has 1 aliphatic rings. The lowest BCUT2D eigenvalue weighted by Gasteiger charge is -2.30. The molecule has 3 aromatic carbocycles. The maximum Gasteiger partial charge on any atom is 0.253 e. The molecule has 1 fully saturated rings. The molecule has 34 heavy (non-hydrogen) atoms. The number of hydrogen-bond acceptors (Lipinski definition) is 4. The standard InChI is InChI=1S/C28H31N3O2S/c32-27(21-34-24-12-6-2-7-13-24)30-23-14-15-26(31-18-8-3-9-19-31)25(20-23)28(33)29-17-16-22-10-4-1-5-11-22/h1-2,4-7,10-15,20H,3,8-9,16-19,21H2,(H,29,33)(H,30,32). The van der Waals surface area contributed by atoms with Gasteiger partial charge in [-0.1, -0.05) is 48.5 Å². The van der Waals surface area contributed by atoms with Crippen molar-refractivity contribution in [2.45, 2.75) is 30.6 Å². The SMILES string of the molecule is O=C(CSc1ccccc1)Nc1ccc(N2CCCCC2)c(C(=O)NCCc2ccccc2)c1. The number of rotatable bonds is 9. The van der Waals surface area contributed by atoms with Gasteiger partial charge in [-0.25, -0.2) is 0 Å². The van der Waals surface area contributed by atoms with Crippen molar-refractivity contribution in [2.75, 3.05) is 35.6 Å². The molecule has 0 radical (unpaired) electrons. The maximum atomic E-state index is 13.2. The Kier molecular flexibility index (Phi) is 8.63. The first-order valence-electron chi connectivity index (χ1n) is 11.9. The molecule has 4 rings (SSSR count). The van der Waals surface area contributed by atoms with Crippen molar-refractivity contribution in [3.05, 3.63) is 90.0 Å². The summed E-state index contributed by atoms with van der Waals surface area (Å²) < 4.78 is 0. The van der Waals surface area contributed by atoms with Gasteiger partial charge in [0.1, 0.15) is 0 Å². The fourth-order valence-electron chi connectivity index (χ4n) is 4.13. The molecule has 2 amide bonds. The molecular formula is C28H31N3O2S. The minimum atomic E-state index is -0.105. The van der Waals surface area contributed by atoms with Gasteiger partial charge in [-0.2, -0.15) is 0 Å². The summed E-state index contributed by atoms with van der Waals surface area (Å²) in [5.41, 5.74) is 3.39. The number of piperidine rings is 1. The lowest BCUT2D eigenvalue weighted by Crippen LogP contribution is -2.33. The quantitative estimate of drug-likeness (QED) is 0.410. The fourth-order valence-corrected chi connectivity index (χ4v) is 4.85. The minimum absolute atomic E-state index is 0.0880. The number of nitrogens with zero attached hydrogens (tertiary/aromatic N) is 1. The molecule has 0 bridgehead atoms. The highest BCUT2D eigenvalue weighted by atomic mass is 32.2. The van der Waals surface area contributed by atoms with E-state index in [0.29, 0.717) is 23.5 Å². The van der Waals surface area contributed by atoms with E-state index in [1.165, 1.54) is 23.7 Å². The van der Waals surface area contributed by atoms with Crippen LogP contribution in [0.2, 0.25) is 0 Å². The minimum Gasteiger partial charge on any atom is -0.371 e. The van der Waals surface area contributed by atoms with Crippen LogP contribution in [0, 0.1) is 0 Å². The lowest BCUT2D eigenvalue weighted by atomic mass is 10.1. The van der Waals surface area contributed by atoms with E-state index in [-0.39, 0.29) is 11.8 Å². The van der Waals surface area contributed by atoms with Crippen LogP contribution < -0.4 is 15.5 Å². The van der Waals surface area contributed by atoms with Crippen molar-refractivity contribution < 1.29 is 9.59 Å². The Balaban J connectivity index is 1.43. The summed E-state index contributed by atoms with van der Waals surface area (Å²) in [6.45, 7) is 2.46. The third-order valence-corrected chi connectivity index (χ3v) is 6.89. The lowest BCUT2D eigenvalue weighted by molar-refractivity contribution is -0.113. The summed E-state index contributed by atoms with van der Waals surface area (Å²) in [5.74, 6) is 0.123. The number of amides is 2. The highest BCUT2D eigenvalue weighted by Crippen LogP contribution is 2.27. The monoisotopic (exact) mass is 473 g/mol. The number of anilines is 2. The Morgan fingerprint density at radius 3 is 2.29 bits per heavy atom. The van der Waals surface area contributed by atoms with Crippen molar-refractivity contribution in [1.29, 1.82) is 0 Å². The molecule has 3 aromatic rings. The number of thioether (sulfide) groups is 1. The van der Waals surface area contributed by atoms with Crippen molar-refractivity contribution in [2.24, 2.45) is 0 Å². The van der Waals surface area contributed by atoms with Gasteiger partial charge in [0.2, 0.25) is 5.91 Å². The van der Waals surface area contributed by atoms with E-state index in [4.69, 9.17) is 0 Å². The first-order valence-corrected chi connectivity index (χ1v) is 12.9. The molecule has 2 N–H and O–H groups in total. The van der Waals surface area contributed by atoms with Gasteiger partial charge in [0.15, 0.2) is 0 Å². The van der Waals surface area contributed by atoms with Gasteiger partial charge >= 0.3 is 0 Å². The molecule has 1 aliphatic heterocycles. The fraction of sp³-hybridized carbons (Fsp3) is 0.286. The number of benzene rings is 3. The van der Waals surface area contributed by atoms with Gasteiger partial charge in [0.25, 0.3) is 5.91 Å². The van der Waals surface area contributed by atoms with E-state index < -0.39 is 0 Å². The van der Waals surface area contributed by atoms with Crippen molar-refractivity contribution in [3.63, 3.8) is 0 Å². The number of carbonyl (C=O) groups is 2. The van der Waals surface area contributed by atoms with Gasteiger partial charge in [-0.3, -0.25) is 9.59 Å². The summed E-state index contributed by atoms with van der Waals surface area (Å²) in [7, 11) is 0. The largest absolute Gasteiger partial charge is 0.371 e. The van der Waals surface area contributed by atoms with Crippen LogP contribution in [0.1, 0.15) is 35.2 Å². The highest BCUT2D eigenvalue weighted by Gasteiger charge is 2.19. The zero-order valence-corrected chi connectivity index (χ0v) is 20.2. The molecule has 5 nitrogen and oxygen atoms in total. The van der Waals surface area contributed by atoms with Gasteiger partial charge in [-0.05, 0) is 61.6 Å². The average Bonchev–Trinajstić information content (AvgIpc) is 2.89. The highest BCUT2D eigenvalue weighted by molar-refractivity contribution is 8.00. The molecule has 176 valence electrons. The van der Waals surface area contributed by atoms with Crippen molar-refractivity contribution in [1.82, 2.24) is 5.32 Å². The Morgan fingerprint density at radius 2 is 1.56 bits per heavy atom. The smallest absolute Gasteiger partial charge is 0.253 e. The molecule has 0 aliphatic carbocycles. The zero-order valence-electron chi connectivity index (χ0n) is 19.3. The number of hydrogen-bond donors (Lipinski definition) is 2. The van der Waals surface area contributed by atoms with Gasteiger partial charge in [0.05, 0.1) is 11.3 Å². The van der Waals surface area contributed by atoms with Crippen LogP contribution in [-0.2, 0) is 11.2 Å². The third kappa shape index (κ3) is 6.87. The zero-order chi connectivity index (χ0) is 23.6. The van der Waals surface area contributed by atoms with E-state index in [1.54, 1.807) is 0 Å². The Hall–Kier alpha value is -3.25. The molecular weight excluding hydrogens is 442 g/mol. The predicted molar refractivity (Wildman–Crippen MR) is 141 cm³/mol. The maximum absolute atomic E-state index is 13.2. The molecule has 0 aromatic heterocycles. The normalized spacial score (nSPS) is 13.4. The van der Waals surface area contributed by atoms with Gasteiger partial charge in [0, 0.05) is 35.9 Å². The second-order valence-electron chi connectivity index (χ2n) is 8.42. The van der Waals surface area contributed by atoms with Gasteiger partial charge in [-0.15, -0.1) is 11.8 Å². The van der Waals surface area contributed by atoms with Crippen LogP contribution in [-0.4, -0.2) is 37.2 Å². The van der Waals surface area contributed by atoms with E-state index in [1.807, 2.05) is 66.7 Å². The third-order valence-electron chi connectivity index (χ3n) is 5.88. The predicted octanol–water partition coefficient (Wildman–Crippen LogP) is 5.38. The first-order chi connectivity index (χ1) is 16.7. The summed E-state index contributed by atoms with van der Waals surface area (Å²) >= 11 is 1.49. The second kappa shape index (κ2) is 12.3. The van der Waals surface area contributed by atoms with Crippen LogP contribution in [0.3, 0.4) is 0 Å². The Bertz CT molecular complexity index is 1080. The van der Waals surface area contributed by atoms with Crippen LogP contribution in [0.5, 0.6) is 0 Å². The number of nitrogens with one attached hydrogen (secondary N) is 2.